The minimum atomic E-state index is -4.60. The number of aromatic nitrogens is 2. The van der Waals surface area contributed by atoms with Gasteiger partial charge in [-0.05, 0) is 48.8 Å². The fourth-order valence-corrected chi connectivity index (χ4v) is 5.28. The zero-order valence-corrected chi connectivity index (χ0v) is 21.6. The van der Waals surface area contributed by atoms with Crippen molar-refractivity contribution in [2.24, 2.45) is 5.92 Å². The number of methoxy groups -OCH3 is 1. The number of halogens is 3. The van der Waals surface area contributed by atoms with E-state index in [0.717, 1.165) is 37.1 Å². The number of hydrogen-bond acceptors (Lipinski definition) is 7. The molecule has 1 aromatic carbocycles. The first kappa shape index (κ1) is 27.2. The molecule has 3 rings (SSSR count). The molecule has 0 aliphatic heterocycles. The van der Waals surface area contributed by atoms with E-state index in [0.29, 0.717) is 29.2 Å². The smallest absolute Gasteiger partial charge is 0.452 e. The number of rotatable bonds is 10. The first-order chi connectivity index (χ1) is 16.6. The van der Waals surface area contributed by atoms with Crippen molar-refractivity contribution in [1.29, 1.82) is 0 Å². The lowest BCUT2D eigenvalue weighted by atomic mass is 9.90. The molecule has 1 aliphatic rings. The van der Waals surface area contributed by atoms with Gasteiger partial charge in [0.1, 0.15) is 0 Å². The van der Waals surface area contributed by atoms with Gasteiger partial charge >= 0.3 is 12.1 Å². The minimum Gasteiger partial charge on any atom is -0.469 e. The fourth-order valence-electron chi connectivity index (χ4n) is 4.68. The van der Waals surface area contributed by atoms with Crippen LogP contribution in [0.5, 0.6) is 0 Å². The molecule has 0 bridgehead atoms. The highest BCUT2D eigenvalue weighted by Gasteiger charge is 2.36. The van der Waals surface area contributed by atoms with Crippen molar-refractivity contribution in [3.05, 3.63) is 29.6 Å². The number of anilines is 3. The predicted octanol–water partition coefficient (Wildman–Crippen LogP) is 7.15. The molecule has 1 N–H and O–H groups in total. The summed E-state index contributed by atoms with van der Waals surface area (Å²) in [5.74, 6) is -1.10. The molecule has 1 heterocycles. The van der Waals surface area contributed by atoms with E-state index in [1.165, 1.54) is 26.4 Å². The van der Waals surface area contributed by atoms with Crippen LogP contribution in [0.25, 0.3) is 0 Å². The number of esters is 1. The Morgan fingerprint density at radius 2 is 1.97 bits per heavy atom. The normalized spacial score (nSPS) is 15.8. The third kappa shape index (κ3) is 7.32. The average molecular weight is 513 g/mol. The second kappa shape index (κ2) is 12.1. The molecular weight excluding hydrogens is 477 g/mol. The Hall–Kier alpha value is -2.36. The van der Waals surface area contributed by atoms with Gasteiger partial charge in [-0.25, -0.2) is 0 Å². The number of nitrogens with zero attached hydrogens (tertiary/aromatic N) is 3. The van der Waals surface area contributed by atoms with E-state index in [1.807, 2.05) is 25.1 Å². The van der Waals surface area contributed by atoms with Crippen molar-refractivity contribution in [2.45, 2.75) is 83.9 Å². The van der Waals surface area contributed by atoms with Gasteiger partial charge in [-0.3, -0.25) is 4.79 Å². The summed E-state index contributed by atoms with van der Waals surface area (Å²) in [7, 11) is 1.37. The van der Waals surface area contributed by atoms with E-state index in [1.54, 1.807) is 0 Å². The molecule has 10 heteroatoms. The molecule has 35 heavy (non-hydrogen) atoms. The van der Waals surface area contributed by atoms with Crippen LogP contribution in [0, 0.1) is 5.92 Å². The van der Waals surface area contributed by atoms with Gasteiger partial charge in [-0.15, -0.1) is 0 Å². The van der Waals surface area contributed by atoms with Crippen molar-refractivity contribution in [3.8, 4) is 0 Å². The molecule has 1 saturated carbocycles. The maximum Gasteiger partial charge on any atom is 0.452 e. The van der Waals surface area contributed by atoms with Crippen LogP contribution in [-0.2, 0) is 15.7 Å². The van der Waals surface area contributed by atoms with E-state index >= 15 is 0 Å². The lowest BCUT2D eigenvalue weighted by Crippen LogP contribution is -2.39. The van der Waals surface area contributed by atoms with Gasteiger partial charge in [0.05, 0.1) is 24.9 Å². The van der Waals surface area contributed by atoms with E-state index in [4.69, 9.17) is 4.74 Å². The molecule has 0 spiro atoms. The van der Waals surface area contributed by atoms with Crippen molar-refractivity contribution < 1.29 is 22.7 Å². The third-order valence-electron chi connectivity index (χ3n) is 6.43. The Morgan fingerprint density at radius 3 is 2.54 bits per heavy atom. The lowest BCUT2D eigenvalue weighted by molar-refractivity contribution is -0.144. The zero-order chi connectivity index (χ0) is 25.6. The number of carbonyl (C=O) groups is 1. The zero-order valence-electron chi connectivity index (χ0n) is 20.8. The molecule has 1 aliphatic carbocycles. The summed E-state index contributed by atoms with van der Waals surface area (Å²) in [6.45, 7) is 7.17. The van der Waals surface area contributed by atoms with Crippen molar-refractivity contribution in [1.82, 2.24) is 9.36 Å². The van der Waals surface area contributed by atoms with Gasteiger partial charge in [-0.2, -0.15) is 22.5 Å². The number of ether oxygens (including phenoxy) is 1. The molecular formula is C25H35F3N4O2S. The van der Waals surface area contributed by atoms with Crippen LogP contribution in [-0.4, -0.2) is 35.0 Å². The lowest BCUT2D eigenvalue weighted by Gasteiger charge is -2.38. The molecule has 194 valence electrons. The van der Waals surface area contributed by atoms with Crippen LogP contribution < -0.4 is 10.2 Å². The highest BCUT2D eigenvalue weighted by atomic mass is 32.1. The Balaban J connectivity index is 2.03. The van der Waals surface area contributed by atoms with Crippen LogP contribution in [0.15, 0.2) is 18.2 Å². The molecule has 0 saturated heterocycles. The van der Waals surface area contributed by atoms with Crippen LogP contribution >= 0.6 is 11.5 Å². The molecule has 6 nitrogen and oxygen atoms in total. The van der Waals surface area contributed by atoms with E-state index in [2.05, 4.69) is 33.4 Å². The summed E-state index contributed by atoms with van der Waals surface area (Å²) in [5.41, 5.74) is 2.55. The number of benzene rings is 1. The molecule has 1 fully saturated rings. The molecule has 0 amide bonds. The maximum absolute atomic E-state index is 13.1. The molecule has 1 aromatic heterocycles. The van der Waals surface area contributed by atoms with Crippen molar-refractivity contribution >= 4 is 34.0 Å². The van der Waals surface area contributed by atoms with E-state index in [9.17, 15) is 18.0 Å². The minimum absolute atomic E-state index is 0.0644. The third-order valence-corrected chi connectivity index (χ3v) is 7.06. The van der Waals surface area contributed by atoms with Gasteiger partial charge in [0, 0.05) is 24.1 Å². The number of nitrogens with one attached hydrogen (secondary N) is 1. The van der Waals surface area contributed by atoms with E-state index < -0.39 is 12.0 Å². The van der Waals surface area contributed by atoms with Gasteiger partial charge in [-0.1, -0.05) is 46.1 Å². The summed E-state index contributed by atoms with van der Waals surface area (Å²) < 4.78 is 47.7. The Morgan fingerprint density at radius 1 is 1.26 bits per heavy atom. The Labute approximate surface area is 209 Å². The Bertz CT molecular complexity index is 974. The quantitative estimate of drug-likeness (QED) is 0.341. The largest absolute Gasteiger partial charge is 0.469 e. The number of alkyl halides is 3. The van der Waals surface area contributed by atoms with Gasteiger partial charge in [0.2, 0.25) is 11.0 Å². The van der Waals surface area contributed by atoms with Gasteiger partial charge in [0.25, 0.3) is 0 Å². The van der Waals surface area contributed by atoms with Crippen LogP contribution in [0.3, 0.4) is 0 Å². The van der Waals surface area contributed by atoms with Crippen molar-refractivity contribution in [3.63, 3.8) is 0 Å². The standard InChI is InChI=1S/C25H35F3N4O2S/c1-5-17(14-22(33)34-4)18-11-12-21(32(15-16(2)3)19-9-7-6-8-10-19)20(13-18)29-24-30-23(31-35-24)25(26,27)28/h11-13,16-17,19H,5-10,14-15H2,1-4H3,(H,29,30,31)/t17-/m1/s1. The highest BCUT2D eigenvalue weighted by Crippen LogP contribution is 2.39. The summed E-state index contributed by atoms with van der Waals surface area (Å²) in [5, 5.41) is 3.22. The summed E-state index contributed by atoms with van der Waals surface area (Å²) in [6.07, 6.45) is 2.11. The first-order valence-electron chi connectivity index (χ1n) is 12.3. The fraction of sp³-hybridized carbons (Fsp3) is 0.640. The molecule has 0 radical (unpaired) electrons. The SMILES string of the molecule is CC[C@H](CC(=O)OC)c1ccc(N(CC(C)C)C2CCCCC2)c(Nc2nc(C(F)(F)F)ns2)c1. The van der Waals surface area contributed by atoms with Crippen LogP contribution in [0.4, 0.5) is 29.7 Å². The maximum atomic E-state index is 13.1. The number of carbonyl (C=O) groups excluding carboxylic acids is 1. The van der Waals surface area contributed by atoms with Crippen LogP contribution in [0.2, 0.25) is 0 Å². The molecule has 0 unspecified atom stereocenters. The second-order valence-corrected chi connectivity index (χ2v) is 10.3. The predicted molar refractivity (Wildman–Crippen MR) is 133 cm³/mol. The first-order valence-corrected chi connectivity index (χ1v) is 13.0. The highest BCUT2D eigenvalue weighted by molar-refractivity contribution is 7.09. The summed E-state index contributed by atoms with van der Waals surface area (Å²) in [6, 6.07) is 6.36. The van der Waals surface area contributed by atoms with Crippen LogP contribution in [0.1, 0.15) is 83.0 Å². The second-order valence-electron chi connectivity index (χ2n) is 9.55. The monoisotopic (exact) mass is 512 g/mol. The summed E-state index contributed by atoms with van der Waals surface area (Å²) in [4.78, 5) is 18.0. The molecule has 2 aromatic rings. The Kier molecular flexibility index (Phi) is 9.38. The summed E-state index contributed by atoms with van der Waals surface area (Å²) >= 11 is 0.691. The number of hydrogen-bond donors (Lipinski definition) is 1. The van der Waals surface area contributed by atoms with E-state index in [-0.39, 0.29) is 23.4 Å². The van der Waals surface area contributed by atoms with Gasteiger partial charge < -0.3 is 15.0 Å². The van der Waals surface area contributed by atoms with Crippen molar-refractivity contribution in [2.75, 3.05) is 23.9 Å². The average Bonchev–Trinajstić information content (AvgIpc) is 3.30. The topological polar surface area (TPSA) is 67.3 Å². The van der Waals surface area contributed by atoms with Gasteiger partial charge in [0.15, 0.2) is 0 Å². The molecule has 1 atom stereocenters.